The van der Waals surface area contributed by atoms with Gasteiger partial charge in [0.1, 0.15) is 12.1 Å². The van der Waals surface area contributed by atoms with Gasteiger partial charge in [0, 0.05) is 49.8 Å². The summed E-state index contributed by atoms with van der Waals surface area (Å²) in [6, 6.07) is 10.2. The average Bonchev–Trinajstić information content (AvgIpc) is 3.16. The van der Waals surface area contributed by atoms with Gasteiger partial charge in [0.15, 0.2) is 0 Å². The highest BCUT2D eigenvalue weighted by atomic mass is 16.2. The third-order valence-electron chi connectivity index (χ3n) is 5.56. The maximum atomic E-state index is 12.7. The van der Waals surface area contributed by atoms with Crippen LogP contribution in [0.2, 0.25) is 0 Å². The molecule has 2 aromatic rings. The summed E-state index contributed by atoms with van der Waals surface area (Å²) in [6.07, 6.45) is 2.15. The average molecular weight is 336 g/mol. The Hall–Kier alpha value is -2.43. The van der Waals surface area contributed by atoms with Crippen molar-refractivity contribution in [1.29, 1.82) is 0 Å². The van der Waals surface area contributed by atoms with Crippen molar-refractivity contribution < 1.29 is 4.79 Å². The van der Waals surface area contributed by atoms with Crippen molar-refractivity contribution in [2.24, 2.45) is 11.8 Å². The fraction of sp³-hybridized carbons (Fsp3) is 0.450. The van der Waals surface area contributed by atoms with E-state index < -0.39 is 0 Å². The predicted molar refractivity (Wildman–Crippen MR) is 97.4 cm³/mol. The number of nitrogens with zero attached hydrogens (tertiary/aromatic N) is 4. The molecule has 130 valence electrons. The second-order valence-corrected chi connectivity index (χ2v) is 7.34. The van der Waals surface area contributed by atoms with Gasteiger partial charge in [0.25, 0.3) is 0 Å². The molecule has 1 amide bonds. The van der Waals surface area contributed by atoms with Crippen LogP contribution in [0.1, 0.15) is 16.8 Å². The molecule has 0 radical (unpaired) electrons. The van der Waals surface area contributed by atoms with Crippen LogP contribution in [-0.4, -0.2) is 47.0 Å². The van der Waals surface area contributed by atoms with Crippen molar-refractivity contribution in [3.63, 3.8) is 0 Å². The topological polar surface area (TPSA) is 49.3 Å². The molecule has 5 nitrogen and oxygen atoms in total. The van der Waals surface area contributed by atoms with E-state index in [4.69, 9.17) is 0 Å². The number of benzene rings is 1. The van der Waals surface area contributed by atoms with Gasteiger partial charge in [0.2, 0.25) is 5.91 Å². The molecule has 3 heterocycles. The molecule has 2 unspecified atom stereocenters. The van der Waals surface area contributed by atoms with E-state index >= 15 is 0 Å². The van der Waals surface area contributed by atoms with Crippen LogP contribution in [0.5, 0.6) is 0 Å². The van der Waals surface area contributed by atoms with E-state index in [9.17, 15) is 4.79 Å². The molecule has 0 saturated carbocycles. The number of fused-ring (bicyclic) bond motifs is 1. The summed E-state index contributed by atoms with van der Waals surface area (Å²) in [7, 11) is 0. The largest absolute Gasteiger partial charge is 0.356 e. The van der Waals surface area contributed by atoms with E-state index in [2.05, 4.69) is 38.8 Å². The van der Waals surface area contributed by atoms with Gasteiger partial charge in [-0.05, 0) is 25.0 Å². The maximum Gasteiger partial charge on any atom is 0.227 e. The van der Waals surface area contributed by atoms with Crippen LogP contribution in [0, 0.1) is 25.7 Å². The quantitative estimate of drug-likeness (QED) is 0.862. The summed E-state index contributed by atoms with van der Waals surface area (Å²) in [4.78, 5) is 25.7. The number of rotatable bonds is 3. The number of hydrogen-bond acceptors (Lipinski definition) is 4. The number of hydrogen-bond donors (Lipinski definition) is 0. The van der Waals surface area contributed by atoms with Crippen LogP contribution in [0.15, 0.2) is 36.7 Å². The van der Waals surface area contributed by atoms with Crippen LogP contribution in [0.4, 0.5) is 5.82 Å². The zero-order valence-corrected chi connectivity index (χ0v) is 14.9. The van der Waals surface area contributed by atoms with Gasteiger partial charge in [-0.2, -0.15) is 0 Å². The van der Waals surface area contributed by atoms with Crippen LogP contribution in [-0.2, 0) is 11.2 Å². The van der Waals surface area contributed by atoms with Crippen molar-refractivity contribution in [3.8, 4) is 0 Å². The molecule has 0 N–H and O–H groups in total. The van der Waals surface area contributed by atoms with Crippen molar-refractivity contribution >= 4 is 11.7 Å². The highest BCUT2D eigenvalue weighted by Crippen LogP contribution is 2.33. The third kappa shape index (κ3) is 3.23. The van der Waals surface area contributed by atoms with Gasteiger partial charge < -0.3 is 9.80 Å². The number of aryl methyl sites for hydroxylation is 2. The molecule has 2 aliphatic rings. The van der Waals surface area contributed by atoms with E-state index in [0.717, 1.165) is 43.3 Å². The minimum Gasteiger partial charge on any atom is -0.356 e. The molecule has 1 aromatic heterocycles. The number of amides is 1. The Labute approximate surface area is 148 Å². The Balaban J connectivity index is 1.38. The normalized spacial score (nSPS) is 22.3. The van der Waals surface area contributed by atoms with Gasteiger partial charge in [0.05, 0.1) is 6.42 Å². The monoisotopic (exact) mass is 336 g/mol. The first-order valence-corrected chi connectivity index (χ1v) is 8.96. The molecule has 0 bridgehead atoms. The molecule has 1 aromatic carbocycles. The molecule has 4 rings (SSSR count). The van der Waals surface area contributed by atoms with Gasteiger partial charge in [-0.3, -0.25) is 4.79 Å². The third-order valence-corrected chi connectivity index (χ3v) is 5.56. The second kappa shape index (κ2) is 6.47. The Morgan fingerprint density at radius 3 is 2.48 bits per heavy atom. The number of carbonyl (C=O) groups excluding carboxylic acids is 1. The molecule has 0 spiro atoms. The summed E-state index contributed by atoms with van der Waals surface area (Å²) >= 11 is 0. The minimum absolute atomic E-state index is 0.258. The number of anilines is 1. The Bertz CT molecular complexity index is 777. The van der Waals surface area contributed by atoms with Crippen molar-refractivity contribution in [2.45, 2.75) is 20.3 Å². The lowest BCUT2D eigenvalue weighted by molar-refractivity contribution is -0.129. The lowest BCUT2D eigenvalue weighted by atomic mass is 10.0. The summed E-state index contributed by atoms with van der Waals surface area (Å²) in [5.41, 5.74) is 3.33. The molecular formula is C20H24N4O. The van der Waals surface area contributed by atoms with Gasteiger partial charge in [-0.15, -0.1) is 0 Å². The summed E-state index contributed by atoms with van der Waals surface area (Å²) in [5, 5.41) is 0. The van der Waals surface area contributed by atoms with Crippen molar-refractivity contribution in [1.82, 2.24) is 14.9 Å². The number of carbonyl (C=O) groups is 1. The van der Waals surface area contributed by atoms with Crippen LogP contribution < -0.4 is 4.90 Å². The Kier molecular flexibility index (Phi) is 4.15. The number of aromatic nitrogens is 2. The zero-order chi connectivity index (χ0) is 17.4. The molecule has 2 atom stereocenters. The minimum atomic E-state index is 0.258. The molecule has 2 fully saturated rings. The molecular weight excluding hydrogens is 312 g/mol. The van der Waals surface area contributed by atoms with Crippen LogP contribution in [0.25, 0.3) is 0 Å². The highest BCUT2D eigenvalue weighted by molar-refractivity contribution is 5.79. The van der Waals surface area contributed by atoms with Gasteiger partial charge in [-0.1, -0.05) is 24.3 Å². The van der Waals surface area contributed by atoms with Crippen molar-refractivity contribution in [2.75, 3.05) is 31.1 Å². The van der Waals surface area contributed by atoms with Gasteiger partial charge >= 0.3 is 0 Å². The summed E-state index contributed by atoms with van der Waals surface area (Å²) in [5.74, 6) is 2.38. The summed E-state index contributed by atoms with van der Waals surface area (Å²) < 4.78 is 0. The molecule has 2 aliphatic heterocycles. The van der Waals surface area contributed by atoms with E-state index in [-0.39, 0.29) is 5.91 Å². The molecule has 25 heavy (non-hydrogen) atoms. The number of likely N-dealkylation sites (tertiary alicyclic amines) is 1. The first-order valence-electron chi connectivity index (χ1n) is 8.96. The first kappa shape index (κ1) is 16.1. The van der Waals surface area contributed by atoms with E-state index in [1.807, 2.05) is 25.1 Å². The summed E-state index contributed by atoms with van der Waals surface area (Å²) in [6.45, 7) is 7.77. The molecule has 5 heteroatoms. The second-order valence-electron chi connectivity index (χ2n) is 7.34. The van der Waals surface area contributed by atoms with Crippen LogP contribution >= 0.6 is 0 Å². The fourth-order valence-corrected chi connectivity index (χ4v) is 4.08. The van der Waals surface area contributed by atoms with E-state index in [0.29, 0.717) is 18.3 Å². The maximum absolute atomic E-state index is 12.7. The molecule has 0 aliphatic carbocycles. The van der Waals surface area contributed by atoms with E-state index in [1.54, 1.807) is 6.33 Å². The standard InChI is InChI=1S/C20H24N4O/c1-14-5-3-4-6-16(14)8-20(25)24-11-17-9-23(10-18(17)12-24)19-7-15(2)21-13-22-19/h3-7,13,17-18H,8-12H2,1-2H3. The van der Waals surface area contributed by atoms with Crippen LogP contribution in [0.3, 0.4) is 0 Å². The SMILES string of the molecule is Cc1cc(N2CC3CN(C(=O)Cc4ccccc4C)CC3C2)ncn1. The van der Waals surface area contributed by atoms with Gasteiger partial charge in [-0.25, -0.2) is 9.97 Å². The fourth-order valence-electron chi connectivity index (χ4n) is 4.08. The van der Waals surface area contributed by atoms with E-state index in [1.165, 1.54) is 5.56 Å². The smallest absolute Gasteiger partial charge is 0.227 e. The lowest BCUT2D eigenvalue weighted by Crippen LogP contribution is -2.34. The predicted octanol–water partition coefficient (Wildman–Crippen LogP) is 2.23. The van der Waals surface area contributed by atoms with Crippen molar-refractivity contribution in [3.05, 3.63) is 53.5 Å². The Morgan fingerprint density at radius 1 is 1.08 bits per heavy atom. The molecule has 2 saturated heterocycles. The Morgan fingerprint density at radius 2 is 1.80 bits per heavy atom. The zero-order valence-electron chi connectivity index (χ0n) is 14.9. The first-order chi connectivity index (χ1) is 12.1. The lowest BCUT2D eigenvalue weighted by Gasteiger charge is -2.22. The highest BCUT2D eigenvalue weighted by Gasteiger charge is 2.41.